The fourth-order valence-corrected chi connectivity index (χ4v) is 14.9. The van der Waals surface area contributed by atoms with Crippen LogP contribution < -0.4 is 35.6 Å². The maximum absolute atomic E-state index is 13.0. The highest BCUT2D eigenvalue weighted by Gasteiger charge is 2.35. The number of benzene rings is 4. The third-order valence-electron chi connectivity index (χ3n) is 20.3. The Morgan fingerprint density at radius 3 is 1.18 bits per heavy atom. The highest BCUT2D eigenvalue weighted by molar-refractivity contribution is 5.95. The van der Waals surface area contributed by atoms with Crippen molar-refractivity contribution in [2.45, 2.75) is 95.9 Å². The van der Waals surface area contributed by atoms with Gasteiger partial charge in [0.1, 0.15) is 23.1 Å². The average Bonchev–Trinajstić information content (AvgIpc) is 1.78. The zero-order chi connectivity index (χ0) is 74.0. The molecular formula is C80H84N24O5. The van der Waals surface area contributed by atoms with E-state index in [2.05, 4.69) is 93.2 Å². The van der Waals surface area contributed by atoms with Crippen molar-refractivity contribution in [3.63, 3.8) is 0 Å². The molecule has 6 aliphatic rings. The standard InChI is InChI=1S/C28H29N7O2.C27H28N8O2.C25H27N9O/c1-37-18-21-13-8-14-35(21)28-29-23(19-9-4-2-5-10-19)15-25(31-28)30-26-22-16-34(17-24(22)32-33-26)27(36)20-11-6-3-7-12-20;1-37-17-19-10-7-13-35(19)27-29-22(18-8-3-2-4-9-18)14-24(31-27)30-25-20-15-34(16-23(20)32-33-25)26(36)21-11-5-6-12-28-21;1-35-16-18-9-5-12-34(18)25-28-20(17-7-3-2-4-8-17)13-22(30-25)29-23-19-14-33(15-21(19)31-32-23)24-26-10-6-11-27-24/h2-7,9-12,15,21H,8,13-14,16-18H2,1H3,(H2,29,30,31,32,33);2-6,8-9,11-12,14,19H,7,10,13,15-17H2,1H3,(H2,29,30,31,32,33);2-4,6-8,10-11,13,18H,5,9,12,14-16H2,1H3,(H2,28,29,30,31,32)/t21-;19-;18-/m000/s1. The molecule has 3 fully saturated rings. The monoisotopic (exact) mass is 1460 g/mol. The maximum atomic E-state index is 13.0. The summed E-state index contributed by atoms with van der Waals surface area (Å²) in [4.78, 5) is 80.8. The van der Waals surface area contributed by atoms with Crippen molar-refractivity contribution in [3.8, 4) is 33.8 Å². The second-order valence-electron chi connectivity index (χ2n) is 27.5. The third kappa shape index (κ3) is 15.8. The molecule has 0 saturated carbocycles. The summed E-state index contributed by atoms with van der Waals surface area (Å²) in [6.45, 7) is 7.84. The Kier molecular flexibility index (Phi) is 21.2. The minimum Gasteiger partial charge on any atom is -0.383 e. The van der Waals surface area contributed by atoms with Crippen LogP contribution in [0, 0.1) is 0 Å². The second kappa shape index (κ2) is 32.6. The van der Waals surface area contributed by atoms with E-state index in [9.17, 15) is 9.59 Å². The van der Waals surface area contributed by atoms with Gasteiger partial charge < -0.3 is 59.6 Å². The lowest BCUT2D eigenvalue weighted by Crippen LogP contribution is -2.34. The van der Waals surface area contributed by atoms with Crippen LogP contribution in [0.2, 0.25) is 0 Å². The molecule has 0 spiro atoms. The number of nitrogens with one attached hydrogen (secondary N) is 6. The summed E-state index contributed by atoms with van der Waals surface area (Å²) >= 11 is 0. The van der Waals surface area contributed by atoms with Gasteiger partial charge in [-0.15, -0.1) is 0 Å². The maximum Gasteiger partial charge on any atom is 0.273 e. The van der Waals surface area contributed by atoms with Gasteiger partial charge in [0.15, 0.2) is 17.5 Å². The summed E-state index contributed by atoms with van der Waals surface area (Å²) in [5, 5.41) is 33.2. The summed E-state index contributed by atoms with van der Waals surface area (Å²) in [7, 11) is 5.20. The second-order valence-corrected chi connectivity index (χ2v) is 27.5. The first kappa shape index (κ1) is 70.7. The van der Waals surface area contributed by atoms with E-state index in [0.29, 0.717) is 123 Å². The zero-order valence-corrected chi connectivity index (χ0v) is 60.9. The van der Waals surface area contributed by atoms with Gasteiger partial charge in [-0.1, -0.05) is 115 Å². The minimum atomic E-state index is -0.106. The molecule has 0 unspecified atom stereocenters. The molecule has 14 heterocycles. The van der Waals surface area contributed by atoms with Crippen LogP contribution >= 0.6 is 0 Å². The van der Waals surface area contributed by atoms with Gasteiger partial charge in [-0.05, 0) is 68.9 Å². The number of nitrogens with zero attached hydrogens (tertiary/aromatic N) is 18. The van der Waals surface area contributed by atoms with Crippen molar-refractivity contribution >= 4 is 70.5 Å². The number of ether oxygens (including phenoxy) is 3. The van der Waals surface area contributed by atoms with Gasteiger partial charge in [0.25, 0.3) is 11.8 Å². The van der Waals surface area contributed by atoms with Crippen LogP contribution in [0.4, 0.5) is 58.7 Å². The molecule has 4 aromatic carbocycles. The predicted molar refractivity (Wildman–Crippen MR) is 415 cm³/mol. The van der Waals surface area contributed by atoms with Crippen LogP contribution in [0.3, 0.4) is 0 Å². The SMILES string of the molecule is COC[C@@H]1CCCN1c1nc(Nc2n[nH]c3c2CN(C(=O)c2ccccc2)C3)cc(-c2ccccc2)n1.COC[C@@H]1CCCN1c1nc(Nc2n[nH]c3c2CN(C(=O)c2ccccn2)C3)cc(-c2ccccc2)n1.COC[C@@H]1CCCN1c1nc(Nc2n[nH]c3c2CN(c2ncccn2)C3)cc(-c2ccccc2)n1. The first-order valence-electron chi connectivity index (χ1n) is 36.8. The number of fused-ring (bicyclic) bond motifs is 3. The number of rotatable bonds is 21. The van der Waals surface area contributed by atoms with Crippen molar-refractivity contribution in [2.75, 3.05) is 96.3 Å². The highest BCUT2D eigenvalue weighted by atomic mass is 16.5. The largest absolute Gasteiger partial charge is 0.383 e. The van der Waals surface area contributed by atoms with E-state index in [0.717, 1.165) is 132 Å². The number of H-pyrrole nitrogens is 3. The summed E-state index contributed by atoms with van der Waals surface area (Å²) in [6, 6.07) is 53.5. The molecule has 109 heavy (non-hydrogen) atoms. The lowest BCUT2D eigenvalue weighted by Gasteiger charge is -2.25. The molecule has 0 bridgehead atoms. The van der Waals surface area contributed by atoms with E-state index in [1.807, 2.05) is 144 Å². The molecule has 2 amide bonds. The third-order valence-corrected chi connectivity index (χ3v) is 20.3. The first-order chi connectivity index (χ1) is 53.7. The number of anilines is 10. The minimum absolute atomic E-state index is 0.00468. The summed E-state index contributed by atoms with van der Waals surface area (Å²) < 4.78 is 16.4. The molecule has 12 aromatic rings. The van der Waals surface area contributed by atoms with Crippen LogP contribution in [-0.2, 0) is 53.5 Å². The molecule has 29 heteroatoms. The molecule has 0 radical (unpaired) electrons. The van der Waals surface area contributed by atoms with E-state index < -0.39 is 0 Å². The van der Waals surface area contributed by atoms with Gasteiger partial charge in [0, 0.05) is 117 Å². The van der Waals surface area contributed by atoms with Crippen LogP contribution in [-0.4, -0.2) is 176 Å². The Hall–Kier alpha value is -12.6. The van der Waals surface area contributed by atoms with E-state index in [1.54, 1.807) is 57.0 Å². The average molecular weight is 1460 g/mol. The van der Waals surface area contributed by atoms with Gasteiger partial charge in [0.2, 0.25) is 23.8 Å². The van der Waals surface area contributed by atoms with Gasteiger partial charge >= 0.3 is 0 Å². The fourth-order valence-electron chi connectivity index (χ4n) is 14.9. The molecule has 29 nitrogen and oxygen atoms in total. The number of carbonyl (C=O) groups is 2. The molecule has 8 aromatic heterocycles. The van der Waals surface area contributed by atoms with Gasteiger partial charge in [0.05, 0.1) is 111 Å². The van der Waals surface area contributed by atoms with Gasteiger partial charge in [-0.25, -0.2) is 24.9 Å². The number of aromatic amines is 3. The Balaban J connectivity index is 0.000000125. The van der Waals surface area contributed by atoms with Crippen LogP contribution in [0.1, 0.15) is 93.1 Å². The molecule has 554 valence electrons. The Labute approximate surface area is 630 Å². The fraction of sp³-hybridized carbons (Fsp3) is 0.300. The Bertz CT molecular complexity index is 4870. The van der Waals surface area contributed by atoms with Crippen molar-refractivity contribution in [3.05, 3.63) is 227 Å². The topological polar surface area (TPSA) is 319 Å². The van der Waals surface area contributed by atoms with Crippen LogP contribution in [0.25, 0.3) is 33.8 Å². The Morgan fingerprint density at radius 2 is 0.780 bits per heavy atom. The van der Waals surface area contributed by atoms with E-state index in [1.165, 1.54) is 0 Å². The highest BCUT2D eigenvalue weighted by Crippen LogP contribution is 2.38. The first-order valence-corrected chi connectivity index (χ1v) is 36.8. The smallest absolute Gasteiger partial charge is 0.273 e. The molecule has 3 saturated heterocycles. The lowest BCUT2D eigenvalue weighted by molar-refractivity contribution is 0.0739. The van der Waals surface area contributed by atoms with Crippen molar-refractivity contribution < 1.29 is 23.8 Å². The van der Waals surface area contributed by atoms with Crippen molar-refractivity contribution in [1.29, 1.82) is 0 Å². The molecule has 18 rings (SSSR count). The molecule has 0 aliphatic carbocycles. The zero-order valence-electron chi connectivity index (χ0n) is 60.9. The lowest BCUT2D eigenvalue weighted by atomic mass is 10.1. The number of hydrogen-bond donors (Lipinski definition) is 6. The quantitative estimate of drug-likeness (QED) is 0.0389. The van der Waals surface area contributed by atoms with E-state index in [-0.39, 0.29) is 29.9 Å². The number of aromatic nitrogens is 15. The number of pyridine rings is 1. The van der Waals surface area contributed by atoms with Crippen LogP contribution in [0.15, 0.2) is 182 Å². The van der Waals surface area contributed by atoms with E-state index >= 15 is 0 Å². The van der Waals surface area contributed by atoms with Gasteiger partial charge in [-0.2, -0.15) is 30.2 Å². The molecule has 6 aliphatic heterocycles. The number of amides is 2. The summed E-state index contributed by atoms with van der Waals surface area (Å²) in [5.74, 6) is 6.77. The Morgan fingerprint density at radius 1 is 0.404 bits per heavy atom. The predicted octanol–water partition coefficient (Wildman–Crippen LogP) is 11.7. The number of methoxy groups -OCH3 is 3. The normalized spacial score (nSPS) is 16.9. The molecule has 6 N–H and O–H groups in total. The van der Waals surface area contributed by atoms with Gasteiger partial charge in [-0.3, -0.25) is 29.9 Å². The van der Waals surface area contributed by atoms with Crippen molar-refractivity contribution in [1.82, 2.24) is 85.2 Å². The summed E-state index contributed by atoms with van der Waals surface area (Å²) in [6.07, 6.45) is 11.6. The van der Waals surface area contributed by atoms with E-state index in [4.69, 9.17) is 44.1 Å². The van der Waals surface area contributed by atoms with Crippen LogP contribution in [0.5, 0.6) is 0 Å². The number of carbonyl (C=O) groups excluding carboxylic acids is 2. The number of hydrogen-bond acceptors (Lipinski definition) is 24. The summed E-state index contributed by atoms with van der Waals surface area (Å²) in [5.41, 5.74) is 12.6. The van der Waals surface area contributed by atoms with Crippen molar-refractivity contribution in [2.24, 2.45) is 0 Å². The molecule has 3 atom stereocenters. The molecular weight excluding hydrogens is 1380 g/mol.